The van der Waals surface area contributed by atoms with Gasteiger partial charge >= 0.3 is 0 Å². The fraction of sp³-hybridized carbons (Fsp3) is 0.538. The minimum Gasteiger partial charge on any atom is -0.369 e. The summed E-state index contributed by atoms with van der Waals surface area (Å²) < 4.78 is 39.3. The lowest BCUT2D eigenvalue weighted by Gasteiger charge is -2.37. The molecule has 2 nitrogen and oxygen atoms in total. The highest BCUT2D eigenvalue weighted by molar-refractivity contribution is 5.48. The minimum absolute atomic E-state index is 0.273. The van der Waals surface area contributed by atoms with Gasteiger partial charge in [0.1, 0.15) is 0 Å². The van der Waals surface area contributed by atoms with Gasteiger partial charge in [-0.25, -0.2) is 13.2 Å². The van der Waals surface area contributed by atoms with Crippen molar-refractivity contribution in [2.24, 2.45) is 5.92 Å². The second-order valence-electron chi connectivity index (χ2n) is 4.97. The first-order chi connectivity index (χ1) is 8.49. The van der Waals surface area contributed by atoms with E-state index in [-0.39, 0.29) is 6.04 Å². The van der Waals surface area contributed by atoms with Crippen LogP contribution in [0.2, 0.25) is 0 Å². The van der Waals surface area contributed by atoms with Crippen LogP contribution in [0.4, 0.5) is 18.9 Å². The lowest BCUT2D eigenvalue weighted by Crippen LogP contribution is -2.53. The van der Waals surface area contributed by atoms with Crippen molar-refractivity contribution in [3.63, 3.8) is 0 Å². The molecule has 0 bridgehead atoms. The highest BCUT2D eigenvalue weighted by Gasteiger charge is 2.23. The SMILES string of the molecule is CC(C)C1CN(c2cc(F)c(F)c(F)c2)CCN1. The summed E-state index contributed by atoms with van der Waals surface area (Å²) in [6.45, 7) is 6.26. The Bertz CT molecular complexity index is 411. The largest absolute Gasteiger partial charge is 0.369 e. The summed E-state index contributed by atoms with van der Waals surface area (Å²) in [4.78, 5) is 1.88. The van der Waals surface area contributed by atoms with Gasteiger partial charge in [0.05, 0.1) is 0 Å². The zero-order valence-electron chi connectivity index (χ0n) is 10.5. The summed E-state index contributed by atoms with van der Waals surface area (Å²) in [5.74, 6) is -3.24. The summed E-state index contributed by atoms with van der Waals surface area (Å²) >= 11 is 0. The number of halogens is 3. The Balaban J connectivity index is 2.21. The van der Waals surface area contributed by atoms with Gasteiger partial charge in [-0.05, 0) is 5.92 Å². The van der Waals surface area contributed by atoms with Crippen molar-refractivity contribution in [2.75, 3.05) is 24.5 Å². The molecule has 1 atom stereocenters. The highest BCUT2D eigenvalue weighted by atomic mass is 19.2. The number of hydrogen-bond donors (Lipinski definition) is 1. The van der Waals surface area contributed by atoms with E-state index < -0.39 is 17.5 Å². The monoisotopic (exact) mass is 258 g/mol. The lowest BCUT2D eigenvalue weighted by atomic mass is 10.0. The van der Waals surface area contributed by atoms with Gasteiger partial charge in [-0.15, -0.1) is 0 Å². The number of piperazine rings is 1. The molecule has 0 saturated carbocycles. The van der Waals surface area contributed by atoms with Crippen molar-refractivity contribution >= 4 is 5.69 Å². The Morgan fingerprint density at radius 2 is 1.83 bits per heavy atom. The maximum atomic E-state index is 13.2. The predicted octanol–water partition coefficient (Wildman–Crippen LogP) is 2.54. The summed E-state index contributed by atoms with van der Waals surface area (Å²) in [6, 6.07) is 2.39. The Hall–Kier alpha value is -1.23. The molecule has 1 fully saturated rings. The quantitative estimate of drug-likeness (QED) is 0.820. The average Bonchev–Trinajstić information content (AvgIpc) is 2.35. The molecular formula is C13H17F3N2. The third-order valence-electron chi connectivity index (χ3n) is 3.34. The fourth-order valence-electron chi connectivity index (χ4n) is 2.18. The predicted molar refractivity (Wildman–Crippen MR) is 65.2 cm³/mol. The number of benzene rings is 1. The van der Waals surface area contributed by atoms with Gasteiger partial charge in [0, 0.05) is 43.5 Å². The van der Waals surface area contributed by atoms with E-state index >= 15 is 0 Å². The Labute approximate surface area is 105 Å². The smallest absolute Gasteiger partial charge is 0.194 e. The van der Waals surface area contributed by atoms with E-state index in [1.807, 2.05) is 4.90 Å². The topological polar surface area (TPSA) is 15.3 Å². The Morgan fingerprint density at radius 3 is 2.39 bits per heavy atom. The van der Waals surface area contributed by atoms with E-state index in [1.54, 1.807) is 0 Å². The van der Waals surface area contributed by atoms with Crippen LogP contribution in [-0.4, -0.2) is 25.7 Å². The van der Waals surface area contributed by atoms with Crippen LogP contribution in [0.3, 0.4) is 0 Å². The Morgan fingerprint density at radius 1 is 1.22 bits per heavy atom. The molecule has 0 spiro atoms. The van der Waals surface area contributed by atoms with Crippen LogP contribution in [0.25, 0.3) is 0 Å². The van der Waals surface area contributed by atoms with Crippen molar-refractivity contribution in [3.8, 4) is 0 Å². The molecule has 1 saturated heterocycles. The maximum Gasteiger partial charge on any atom is 0.194 e. The molecule has 0 amide bonds. The second-order valence-corrected chi connectivity index (χ2v) is 4.97. The van der Waals surface area contributed by atoms with E-state index in [9.17, 15) is 13.2 Å². The molecular weight excluding hydrogens is 241 g/mol. The summed E-state index contributed by atoms with van der Waals surface area (Å²) in [5, 5.41) is 3.36. The third kappa shape index (κ3) is 2.61. The van der Waals surface area contributed by atoms with Crippen molar-refractivity contribution in [1.29, 1.82) is 0 Å². The molecule has 18 heavy (non-hydrogen) atoms. The van der Waals surface area contributed by atoms with E-state index in [1.165, 1.54) is 0 Å². The average molecular weight is 258 g/mol. The van der Waals surface area contributed by atoms with Gasteiger partial charge in [0.25, 0.3) is 0 Å². The van der Waals surface area contributed by atoms with Crippen LogP contribution in [0.5, 0.6) is 0 Å². The van der Waals surface area contributed by atoms with Crippen LogP contribution in [0.1, 0.15) is 13.8 Å². The highest BCUT2D eigenvalue weighted by Crippen LogP contribution is 2.23. The number of anilines is 1. The molecule has 1 N–H and O–H groups in total. The fourth-order valence-corrected chi connectivity index (χ4v) is 2.18. The van der Waals surface area contributed by atoms with Crippen molar-refractivity contribution in [1.82, 2.24) is 5.32 Å². The number of nitrogens with zero attached hydrogens (tertiary/aromatic N) is 1. The molecule has 0 aliphatic carbocycles. The van der Waals surface area contributed by atoms with E-state index in [2.05, 4.69) is 19.2 Å². The second kappa shape index (κ2) is 5.18. The van der Waals surface area contributed by atoms with E-state index in [0.717, 1.165) is 18.7 Å². The van der Waals surface area contributed by atoms with Crippen LogP contribution in [0.15, 0.2) is 12.1 Å². The summed E-state index contributed by atoms with van der Waals surface area (Å²) in [7, 11) is 0. The van der Waals surface area contributed by atoms with E-state index in [0.29, 0.717) is 24.7 Å². The maximum absolute atomic E-state index is 13.2. The zero-order chi connectivity index (χ0) is 13.3. The van der Waals surface area contributed by atoms with Crippen LogP contribution in [-0.2, 0) is 0 Å². The van der Waals surface area contributed by atoms with Crippen molar-refractivity contribution in [2.45, 2.75) is 19.9 Å². The first-order valence-electron chi connectivity index (χ1n) is 6.12. The van der Waals surface area contributed by atoms with Gasteiger partial charge in [-0.1, -0.05) is 13.8 Å². The van der Waals surface area contributed by atoms with Gasteiger partial charge in [0.15, 0.2) is 17.5 Å². The molecule has 2 rings (SSSR count). The molecule has 0 aromatic heterocycles. The summed E-state index contributed by atoms with van der Waals surface area (Å²) in [6.07, 6.45) is 0. The zero-order valence-corrected chi connectivity index (χ0v) is 10.5. The molecule has 5 heteroatoms. The lowest BCUT2D eigenvalue weighted by molar-refractivity contribution is 0.367. The number of nitrogens with one attached hydrogen (secondary N) is 1. The molecule has 1 aliphatic rings. The molecule has 1 aliphatic heterocycles. The van der Waals surface area contributed by atoms with Gasteiger partial charge in [0.2, 0.25) is 0 Å². The third-order valence-corrected chi connectivity index (χ3v) is 3.34. The van der Waals surface area contributed by atoms with Crippen molar-refractivity contribution in [3.05, 3.63) is 29.6 Å². The number of hydrogen-bond acceptors (Lipinski definition) is 2. The van der Waals surface area contributed by atoms with Gasteiger partial charge in [-0.3, -0.25) is 0 Å². The molecule has 1 unspecified atom stereocenters. The van der Waals surface area contributed by atoms with Crippen LogP contribution in [0, 0.1) is 23.4 Å². The van der Waals surface area contributed by atoms with Gasteiger partial charge < -0.3 is 10.2 Å². The van der Waals surface area contributed by atoms with Crippen LogP contribution >= 0.6 is 0 Å². The van der Waals surface area contributed by atoms with Crippen LogP contribution < -0.4 is 10.2 Å². The normalized spacial score (nSPS) is 20.6. The van der Waals surface area contributed by atoms with Crippen molar-refractivity contribution < 1.29 is 13.2 Å². The first-order valence-corrected chi connectivity index (χ1v) is 6.12. The van der Waals surface area contributed by atoms with E-state index in [4.69, 9.17) is 0 Å². The standard InChI is InChI=1S/C13H17F3N2/c1-8(2)12-7-18(4-3-17-12)9-5-10(14)13(16)11(15)6-9/h5-6,8,12,17H,3-4,7H2,1-2H3. The molecule has 1 aromatic rings. The number of rotatable bonds is 2. The molecule has 0 radical (unpaired) electrons. The summed E-state index contributed by atoms with van der Waals surface area (Å²) in [5.41, 5.74) is 0.401. The first kappa shape index (κ1) is 13.2. The minimum atomic E-state index is -1.41. The molecule has 100 valence electrons. The molecule has 1 heterocycles. The van der Waals surface area contributed by atoms with Gasteiger partial charge in [-0.2, -0.15) is 0 Å². The Kier molecular flexibility index (Phi) is 3.80. The molecule has 1 aromatic carbocycles.